The van der Waals surface area contributed by atoms with Crippen LogP contribution < -0.4 is 10.7 Å². The highest BCUT2D eigenvalue weighted by molar-refractivity contribution is 7.50. The fraction of sp³-hybridized carbons (Fsp3) is 0.400. The third-order valence-electron chi connectivity index (χ3n) is 2.17. The molecule has 1 aromatic carbocycles. The second-order valence-electron chi connectivity index (χ2n) is 3.61. The van der Waals surface area contributed by atoms with Gasteiger partial charge in [0.15, 0.2) is 0 Å². The van der Waals surface area contributed by atoms with Gasteiger partial charge < -0.3 is 4.62 Å². The molecular formula is C10H13N2OP. The zero-order chi connectivity index (χ0) is 10.1. The summed E-state index contributed by atoms with van der Waals surface area (Å²) >= 11 is 0. The Morgan fingerprint density at radius 2 is 2.14 bits per heavy atom. The Labute approximate surface area is 84.4 Å². The lowest BCUT2D eigenvalue weighted by Crippen LogP contribution is -2.31. The van der Waals surface area contributed by atoms with Gasteiger partial charge in [-0.2, -0.15) is 0 Å². The van der Waals surface area contributed by atoms with E-state index in [1.165, 1.54) is 5.56 Å². The first-order chi connectivity index (χ1) is 6.68. The summed E-state index contributed by atoms with van der Waals surface area (Å²) in [6, 6.07) is 6.10. The Bertz CT molecular complexity index is 456. The summed E-state index contributed by atoms with van der Waals surface area (Å²) in [5.74, 6) is 0.452. The second kappa shape index (κ2) is 3.66. The van der Waals surface area contributed by atoms with Gasteiger partial charge in [0.2, 0.25) is 8.30 Å². The molecule has 14 heavy (non-hydrogen) atoms. The SMILES string of the molecule is CC(C)c1cccc2c1=NOP(C)N=2. The average molecular weight is 208 g/mol. The Balaban J connectivity index is 2.70. The van der Waals surface area contributed by atoms with Crippen LogP contribution in [0.15, 0.2) is 28.1 Å². The molecule has 0 amide bonds. The summed E-state index contributed by atoms with van der Waals surface area (Å²) in [5.41, 5.74) is 1.20. The highest BCUT2D eigenvalue weighted by atomic mass is 31.2. The molecule has 0 fully saturated rings. The fourth-order valence-corrected chi connectivity index (χ4v) is 2.17. The number of rotatable bonds is 1. The Morgan fingerprint density at radius 3 is 2.86 bits per heavy atom. The highest BCUT2D eigenvalue weighted by Crippen LogP contribution is 2.33. The molecule has 0 N–H and O–H groups in total. The van der Waals surface area contributed by atoms with Crippen LogP contribution in [0.2, 0.25) is 0 Å². The van der Waals surface area contributed by atoms with Crippen LogP contribution in [0.5, 0.6) is 0 Å². The minimum Gasteiger partial charge on any atom is -0.352 e. The van der Waals surface area contributed by atoms with Crippen LogP contribution in [0.1, 0.15) is 25.3 Å². The molecule has 0 saturated carbocycles. The number of fused-ring (bicyclic) bond motifs is 1. The van der Waals surface area contributed by atoms with Gasteiger partial charge in [0.05, 0.1) is 5.36 Å². The van der Waals surface area contributed by atoms with Crippen LogP contribution in [0.4, 0.5) is 0 Å². The van der Waals surface area contributed by atoms with Crippen molar-refractivity contribution < 1.29 is 4.62 Å². The van der Waals surface area contributed by atoms with E-state index in [1.54, 1.807) is 0 Å². The van der Waals surface area contributed by atoms with E-state index < -0.39 is 8.30 Å². The summed E-state index contributed by atoms with van der Waals surface area (Å²) in [7, 11) is -0.752. The molecule has 3 nitrogen and oxygen atoms in total. The lowest BCUT2D eigenvalue weighted by molar-refractivity contribution is 0.356. The molecule has 0 spiro atoms. The number of benzene rings is 1. The van der Waals surface area contributed by atoms with Crippen LogP contribution in [0, 0.1) is 0 Å². The molecule has 1 atom stereocenters. The predicted molar refractivity (Wildman–Crippen MR) is 56.8 cm³/mol. The zero-order valence-electron chi connectivity index (χ0n) is 8.56. The van der Waals surface area contributed by atoms with Gasteiger partial charge in [-0.15, -0.1) is 0 Å². The third kappa shape index (κ3) is 1.64. The van der Waals surface area contributed by atoms with Crippen molar-refractivity contribution in [2.24, 2.45) is 9.92 Å². The number of hydrogen-bond acceptors (Lipinski definition) is 3. The molecule has 1 aliphatic heterocycles. The summed E-state index contributed by atoms with van der Waals surface area (Å²) < 4.78 is 9.66. The topological polar surface area (TPSA) is 34.0 Å². The maximum absolute atomic E-state index is 5.22. The molecule has 0 saturated heterocycles. The molecule has 1 unspecified atom stereocenters. The number of hydrogen-bond donors (Lipinski definition) is 0. The highest BCUT2D eigenvalue weighted by Gasteiger charge is 2.10. The molecule has 74 valence electrons. The van der Waals surface area contributed by atoms with Crippen LogP contribution in [-0.2, 0) is 4.62 Å². The van der Waals surface area contributed by atoms with Crippen molar-refractivity contribution in [1.82, 2.24) is 0 Å². The molecule has 2 rings (SSSR count). The molecule has 4 heteroatoms. The quantitative estimate of drug-likeness (QED) is 0.649. The van der Waals surface area contributed by atoms with Gasteiger partial charge in [0.25, 0.3) is 0 Å². The Hall–Kier alpha value is -0.950. The van der Waals surface area contributed by atoms with E-state index in [4.69, 9.17) is 4.62 Å². The summed E-state index contributed by atoms with van der Waals surface area (Å²) in [6.07, 6.45) is 0. The molecule has 0 radical (unpaired) electrons. The van der Waals surface area contributed by atoms with Gasteiger partial charge in [0.1, 0.15) is 5.36 Å². The standard InChI is InChI=1S/C10H13N2OP/c1-7(2)8-5-4-6-9-10(8)11-13-14(3)12-9/h4-7H,1-3H3. The predicted octanol–water partition coefficient (Wildman–Crippen LogP) is 1.94. The maximum atomic E-state index is 5.22. The molecule has 1 aromatic rings. The first-order valence-corrected chi connectivity index (χ1v) is 6.31. The Morgan fingerprint density at radius 1 is 1.36 bits per heavy atom. The smallest absolute Gasteiger partial charge is 0.241 e. The van der Waals surface area contributed by atoms with Crippen molar-refractivity contribution in [1.29, 1.82) is 0 Å². The van der Waals surface area contributed by atoms with Crippen LogP contribution in [0.25, 0.3) is 0 Å². The maximum Gasteiger partial charge on any atom is 0.241 e. The molecule has 1 heterocycles. The van der Waals surface area contributed by atoms with E-state index in [2.05, 4.69) is 29.8 Å². The molecule has 0 aliphatic carbocycles. The summed E-state index contributed by atoms with van der Waals surface area (Å²) in [5, 5.41) is 6.00. The van der Waals surface area contributed by atoms with Gasteiger partial charge in [-0.3, -0.25) is 0 Å². The largest absolute Gasteiger partial charge is 0.352 e. The fourth-order valence-electron chi connectivity index (χ4n) is 1.46. The minimum absolute atomic E-state index is 0.452. The lowest BCUT2D eigenvalue weighted by atomic mass is 10.0. The monoisotopic (exact) mass is 208 g/mol. The van der Waals surface area contributed by atoms with Gasteiger partial charge >= 0.3 is 0 Å². The van der Waals surface area contributed by atoms with Crippen molar-refractivity contribution in [3.63, 3.8) is 0 Å². The van der Waals surface area contributed by atoms with Crippen LogP contribution >= 0.6 is 8.30 Å². The van der Waals surface area contributed by atoms with Crippen molar-refractivity contribution >= 4 is 8.30 Å². The van der Waals surface area contributed by atoms with E-state index in [0.717, 1.165) is 10.7 Å². The molecular weight excluding hydrogens is 195 g/mol. The van der Waals surface area contributed by atoms with Crippen molar-refractivity contribution in [3.8, 4) is 0 Å². The van der Waals surface area contributed by atoms with Gasteiger partial charge in [-0.25, -0.2) is 4.76 Å². The van der Waals surface area contributed by atoms with E-state index in [-0.39, 0.29) is 0 Å². The van der Waals surface area contributed by atoms with Crippen molar-refractivity contribution in [2.45, 2.75) is 19.8 Å². The first kappa shape index (κ1) is 9.60. The van der Waals surface area contributed by atoms with E-state index in [9.17, 15) is 0 Å². The zero-order valence-corrected chi connectivity index (χ0v) is 9.45. The average Bonchev–Trinajstić information content (AvgIpc) is 2.16. The third-order valence-corrected chi connectivity index (χ3v) is 2.98. The second-order valence-corrected chi connectivity index (χ2v) is 4.90. The van der Waals surface area contributed by atoms with Gasteiger partial charge in [-0.05, 0) is 17.5 Å². The molecule has 0 bridgehead atoms. The van der Waals surface area contributed by atoms with E-state index in [1.807, 2.05) is 18.8 Å². The first-order valence-electron chi connectivity index (χ1n) is 4.65. The Kier molecular flexibility index (Phi) is 2.51. The van der Waals surface area contributed by atoms with E-state index in [0.29, 0.717) is 5.92 Å². The van der Waals surface area contributed by atoms with Crippen LogP contribution in [0.3, 0.4) is 0 Å². The summed E-state index contributed by atoms with van der Waals surface area (Å²) in [6.45, 7) is 6.24. The molecule has 1 aliphatic rings. The summed E-state index contributed by atoms with van der Waals surface area (Å²) in [4.78, 5) is 0. The normalized spacial score (nSPS) is 19.3. The van der Waals surface area contributed by atoms with Crippen molar-refractivity contribution in [3.05, 3.63) is 34.5 Å². The molecule has 0 aromatic heterocycles. The van der Waals surface area contributed by atoms with Crippen LogP contribution in [-0.4, -0.2) is 6.66 Å². The number of nitrogens with zero attached hydrogens (tertiary/aromatic N) is 2. The van der Waals surface area contributed by atoms with Gasteiger partial charge in [0, 0.05) is 6.66 Å². The minimum atomic E-state index is -0.752. The van der Waals surface area contributed by atoms with Gasteiger partial charge in [-0.1, -0.05) is 31.1 Å². The van der Waals surface area contributed by atoms with Crippen molar-refractivity contribution in [2.75, 3.05) is 6.66 Å². The van der Waals surface area contributed by atoms with E-state index >= 15 is 0 Å². The lowest BCUT2D eigenvalue weighted by Gasteiger charge is -2.10.